The van der Waals surface area contributed by atoms with Gasteiger partial charge in [0.05, 0.1) is 5.92 Å². The zero-order valence-corrected chi connectivity index (χ0v) is 10.9. The van der Waals surface area contributed by atoms with Gasteiger partial charge in [-0.1, -0.05) is 30.4 Å². The molecule has 0 radical (unpaired) electrons. The predicted octanol–water partition coefficient (Wildman–Crippen LogP) is 2.10. The lowest BCUT2D eigenvalue weighted by Gasteiger charge is -2.26. The van der Waals surface area contributed by atoms with Crippen LogP contribution in [0.5, 0.6) is 0 Å². The maximum absolute atomic E-state index is 12.7. The Morgan fingerprint density at radius 3 is 2.68 bits per heavy atom. The van der Waals surface area contributed by atoms with Gasteiger partial charge in [-0.05, 0) is 36.8 Å². The number of hydrogen-bond acceptors (Lipinski definition) is 2. The molecule has 1 heterocycles. The van der Waals surface area contributed by atoms with Crippen LogP contribution >= 0.6 is 0 Å². The van der Waals surface area contributed by atoms with Gasteiger partial charge in [0.2, 0.25) is 5.91 Å². The molecule has 98 valence electrons. The lowest BCUT2D eigenvalue weighted by Crippen LogP contribution is -2.37. The Bertz CT molecular complexity index is 580. The van der Waals surface area contributed by atoms with E-state index in [1.165, 1.54) is 0 Å². The van der Waals surface area contributed by atoms with E-state index in [4.69, 9.17) is 0 Å². The maximum atomic E-state index is 12.7. The minimum atomic E-state index is -0.668. The lowest BCUT2D eigenvalue weighted by molar-refractivity contribution is -0.121. The fraction of sp³-hybridized carbons (Fsp3) is 0.438. The summed E-state index contributed by atoms with van der Waals surface area (Å²) in [6, 6.07) is 7.78. The Morgan fingerprint density at radius 2 is 1.95 bits per heavy atom. The number of amides is 1. The Kier molecular flexibility index (Phi) is 2.19. The van der Waals surface area contributed by atoms with E-state index in [2.05, 4.69) is 12.2 Å². The van der Waals surface area contributed by atoms with Crippen molar-refractivity contribution in [2.45, 2.75) is 19.6 Å². The fourth-order valence-electron chi connectivity index (χ4n) is 4.17. The van der Waals surface area contributed by atoms with Gasteiger partial charge in [0, 0.05) is 11.6 Å². The van der Waals surface area contributed by atoms with Gasteiger partial charge in [-0.3, -0.25) is 9.69 Å². The van der Waals surface area contributed by atoms with Crippen LogP contribution in [-0.4, -0.2) is 17.2 Å². The van der Waals surface area contributed by atoms with Gasteiger partial charge < -0.3 is 5.11 Å². The van der Waals surface area contributed by atoms with Gasteiger partial charge in [0.15, 0.2) is 0 Å². The summed E-state index contributed by atoms with van der Waals surface area (Å²) in [5.74, 6) is 0.893. The van der Waals surface area contributed by atoms with Crippen molar-refractivity contribution in [3.63, 3.8) is 0 Å². The molecule has 5 atom stereocenters. The largest absolute Gasteiger partial charge is 0.373 e. The van der Waals surface area contributed by atoms with Crippen molar-refractivity contribution >= 4 is 11.6 Å². The molecule has 3 aliphatic rings. The summed E-state index contributed by atoms with van der Waals surface area (Å²) < 4.78 is 0. The molecule has 1 saturated carbocycles. The zero-order chi connectivity index (χ0) is 13.1. The number of anilines is 1. The maximum Gasteiger partial charge on any atom is 0.233 e. The monoisotopic (exact) mass is 255 g/mol. The first-order valence-corrected chi connectivity index (χ1v) is 6.93. The summed E-state index contributed by atoms with van der Waals surface area (Å²) in [4.78, 5) is 14.3. The number of rotatable bonds is 1. The first kappa shape index (κ1) is 11.2. The van der Waals surface area contributed by atoms with Gasteiger partial charge in [0.1, 0.15) is 6.23 Å². The smallest absolute Gasteiger partial charge is 0.233 e. The Labute approximate surface area is 112 Å². The van der Waals surface area contributed by atoms with E-state index in [0.717, 1.165) is 17.7 Å². The molecule has 19 heavy (non-hydrogen) atoms. The highest BCUT2D eigenvalue weighted by molar-refractivity contribution is 5.99. The zero-order valence-electron chi connectivity index (χ0n) is 10.9. The minimum Gasteiger partial charge on any atom is -0.373 e. The van der Waals surface area contributed by atoms with E-state index < -0.39 is 6.23 Å². The average Bonchev–Trinajstić information content (AvgIpc) is 3.06. The van der Waals surface area contributed by atoms with E-state index in [9.17, 15) is 9.90 Å². The summed E-state index contributed by atoms with van der Waals surface area (Å²) in [7, 11) is 0. The van der Waals surface area contributed by atoms with Crippen LogP contribution in [0, 0.1) is 30.6 Å². The molecular weight excluding hydrogens is 238 g/mol. The number of aryl methyl sites for hydroxylation is 1. The van der Waals surface area contributed by atoms with E-state index in [-0.39, 0.29) is 17.7 Å². The van der Waals surface area contributed by atoms with E-state index >= 15 is 0 Å². The number of hydrogen-bond donors (Lipinski definition) is 1. The highest BCUT2D eigenvalue weighted by Gasteiger charge is 2.59. The number of aliphatic hydroxyl groups excluding tert-OH is 1. The van der Waals surface area contributed by atoms with Crippen LogP contribution in [-0.2, 0) is 4.79 Å². The number of carbonyl (C=O) groups is 1. The van der Waals surface area contributed by atoms with Crippen molar-refractivity contribution in [2.75, 3.05) is 4.90 Å². The van der Waals surface area contributed by atoms with E-state index in [1.54, 1.807) is 4.90 Å². The second-order valence-corrected chi connectivity index (χ2v) is 5.96. The highest BCUT2D eigenvalue weighted by atomic mass is 16.3. The molecule has 4 rings (SSSR count). The summed E-state index contributed by atoms with van der Waals surface area (Å²) in [5, 5.41) is 10.6. The van der Waals surface area contributed by atoms with Crippen molar-refractivity contribution < 1.29 is 9.90 Å². The molecule has 1 amide bonds. The van der Waals surface area contributed by atoms with Gasteiger partial charge in [-0.15, -0.1) is 0 Å². The predicted molar refractivity (Wildman–Crippen MR) is 72.4 cm³/mol. The van der Waals surface area contributed by atoms with Crippen LogP contribution in [0.15, 0.2) is 36.4 Å². The van der Waals surface area contributed by atoms with Crippen LogP contribution in [0.4, 0.5) is 5.69 Å². The number of allylic oxidation sites excluding steroid dienone is 2. The number of carbonyl (C=O) groups excluding carboxylic acids is 1. The van der Waals surface area contributed by atoms with E-state index in [0.29, 0.717) is 11.8 Å². The van der Waals surface area contributed by atoms with Gasteiger partial charge in [-0.25, -0.2) is 0 Å². The van der Waals surface area contributed by atoms with Crippen molar-refractivity contribution in [1.82, 2.24) is 0 Å². The molecule has 1 aromatic rings. The van der Waals surface area contributed by atoms with Crippen molar-refractivity contribution in [3.8, 4) is 0 Å². The van der Waals surface area contributed by atoms with Gasteiger partial charge in [-0.2, -0.15) is 0 Å². The van der Waals surface area contributed by atoms with Crippen LogP contribution in [0.2, 0.25) is 0 Å². The summed E-state index contributed by atoms with van der Waals surface area (Å²) in [6.07, 6.45) is 4.72. The normalized spacial score (nSPS) is 39.2. The third kappa shape index (κ3) is 1.34. The lowest BCUT2D eigenvalue weighted by atomic mass is 9.85. The topological polar surface area (TPSA) is 40.5 Å². The SMILES string of the molecule is Cc1ccccc1N1C(=O)[C@H]2[C@H]([C@H]1O)[C@H]1C=C[C@H]2C1. The number of para-hydroxylation sites is 1. The van der Waals surface area contributed by atoms with Crippen LogP contribution in [0.3, 0.4) is 0 Å². The molecule has 1 aliphatic heterocycles. The molecular formula is C16H17NO2. The number of nitrogens with zero attached hydrogens (tertiary/aromatic N) is 1. The Hall–Kier alpha value is -1.61. The van der Waals surface area contributed by atoms with Gasteiger partial charge >= 0.3 is 0 Å². The van der Waals surface area contributed by atoms with Crippen molar-refractivity contribution in [1.29, 1.82) is 0 Å². The molecule has 1 N–H and O–H groups in total. The molecule has 0 unspecified atom stereocenters. The fourth-order valence-corrected chi connectivity index (χ4v) is 4.17. The molecule has 3 heteroatoms. The van der Waals surface area contributed by atoms with E-state index in [1.807, 2.05) is 31.2 Å². The van der Waals surface area contributed by atoms with Crippen molar-refractivity contribution in [3.05, 3.63) is 42.0 Å². The number of aliphatic hydroxyl groups is 1. The second kappa shape index (κ2) is 3.70. The second-order valence-electron chi connectivity index (χ2n) is 5.96. The Balaban J connectivity index is 1.77. The molecule has 3 nitrogen and oxygen atoms in total. The summed E-state index contributed by atoms with van der Waals surface area (Å²) in [6.45, 7) is 1.98. The summed E-state index contributed by atoms with van der Waals surface area (Å²) >= 11 is 0. The first-order chi connectivity index (χ1) is 9.18. The minimum absolute atomic E-state index is 0.00962. The quantitative estimate of drug-likeness (QED) is 0.781. The van der Waals surface area contributed by atoms with Crippen LogP contribution in [0.25, 0.3) is 0 Å². The molecule has 0 aromatic heterocycles. The van der Waals surface area contributed by atoms with Crippen LogP contribution < -0.4 is 4.90 Å². The highest BCUT2D eigenvalue weighted by Crippen LogP contribution is 2.54. The molecule has 1 saturated heterocycles. The molecule has 2 aliphatic carbocycles. The molecule has 0 spiro atoms. The van der Waals surface area contributed by atoms with Crippen LogP contribution in [0.1, 0.15) is 12.0 Å². The molecule has 2 bridgehead atoms. The number of benzene rings is 1. The third-order valence-electron chi connectivity index (χ3n) is 5.03. The summed E-state index contributed by atoms with van der Waals surface area (Å²) in [5.41, 5.74) is 1.89. The third-order valence-corrected chi connectivity index (χ3v) is 5.03. The van der Waals surface area contributed by atoms with Gasteiger partial charge in [0.25, 0.3) is 0 Å². The average molecular weight is 255 g/mol. The molecule has 1 aromatic carbocycles. The Morgan fingerprint density at radius 1 is 1.21 bits per heavy atom. The number of fused-ring (bicyclic) bond motifs is 5. The van der Waals surface area contributed by atoms with Crippen molar-refractivity contribution in [2.24, 2.45) is 23.7 Å². The standard InChI is InChI=1S/C16H17NO2/c1-9-4-2-3-5-12(9)17-15(18)13-10-6-7-11(8-10)14(13)16(17)19/h2-7,10-11,13-15,18H,8H2,1H3/t10-,11-,13+,14+,15+/m0/s1. The molecule has 2 fully saturated rings. The first-order valence-electron chi connectivity index (χ1n) is 6.93.